The highest BCUT2D eigenvalue weighted by atomic mass is 16.1. The van der Waals surface area contributed by atoms with E-state index in [0.29, 0.717) is 11.2 Å². The Hall–Kier alpha value is -0.330. The second-order valence-electron chi connectivity index (χ2n) is 9.45. The van der Waals surface area contributed by atoms with Crippen LogP contribution in [0.1, 0.15) is 78.6 Å². The van der Waals surface area contributed by atoms with Gasteiger partial charge in [0.15, 0.2) is 0 Å². The first-order chi connectivity index (χ1) is 9.95. The summed E-state index contributed by atoms with van der Waals surface area (Å²) in [4.78, 5) is 12.4. The number of fused-ring (bicyclic) bond motifs is 5. The van der Waals surface area contributed by atoms with Crippen molar-refractivity contribution in [2.24, 2.45) is 40.4 Å². The summed E-state index contributed by atoms with van der Waals surface area (Å²) in [6.45, 7) is 7.39. The fourth-order valence-corrected chi connectivity index (χ4v) is 7.24. The van der Waals surface area contributed by atoms with Gasteiger partial charge in [-0.1, -0.05) is 27.2 Å². The summed E-state index contributed by atoms with van der Waals surface area (Å²) < 4.78 is 0. The van der Waals surface area contributed by atoms with Crippen molar-refractivity contribution in [3.63, 3.8) is 0 Å². The number of ketones is 1. The van der Waals surface area contributed by atoms with E-state index >= 15 is 0 Å². The zero-order valence-corrected chi connectivity index (χ0v) is 14.2. The Morgan fingerprint density at radius 2 is 1.76 bits per heavy atom. The van der Waals surface area contributed by atoms with Crippen LogP contribution in [-0.2, 0) is 4.79 Å². The molecule has 7 atom stereocenters. The van der Waals surface area contributed by atoms with Gasteiger partial charge in [0.05, 0.1) is 0 Å². The number of rotatable bonds is 0. The highest BCUT2D eigenvalue weighted by Crippen LogP contribution is 2.65. The maximum atomic E-state index is 12.4. The second-order valence-corrected chi connectivity index (χ2v) is 9.45. The average molecular weight is 288 g/mol. The first-order valence-corrected chi connectivity index (χ1v) is 9.48. The molecule has 0 aromatic heterocycles. The summed E-state index contributed by atoms with van der Waals surface area (Å²) in [6, 6.07) is 0. The third kappa shape index (κ3) is 1.85. The zero-order chi connectivity index (χ0) is 14.8. The second kappa shape index (κ2) is 4.59. The van der Waals surface area contributed by atoms with E-state index in [2.05, 4.69) is 20.8 Å². The van der Waals surface area contributed by atoms with Crippen LogP contribution in [0.5, 0.6) is 0 Å². The smallest absolute Gasteiger partial charge is 0.139 e. The Labute approximate surface area is 130 Å². The van der Waals surface area contributed by atoms with Gasteiger partial charge in [0, 0.05) is 11.8 Å². The maximum absolute atomic E-state index is 12.4. The quantitative estimate of drug-likeness (QED) is 0.596. The number of carbonyl (C=O) groups excluding carboxylic acids is 1. The average Bonchev–Trinajstić information content (AvgIpc) is 2.76. The molecule has 4 fully saturated rings. The highest BCUT2D eigenvalue weighted by Gasteiger charge is 2.59. The van der Waals surface area contributed by atoms with Crippen LogP contribution in [0.3, 0.4) is 0 Å². The van der Waals surface area contributed by atoms with Gasteiger partial charge in [-0.3, -0.25) is 4.79 Å². The van der Waals surface area contributed by atoms with Crippen molar-refractivity contribution in [3.05, 3.63) is 0 Å². The molecular weight excluding hydrogens is 256 g/mol. The lowest BCUT2D eigenvalue weighted by molar-refractivity contribution is -0.139. The van der Waals surface area contributed by atoms with Gasteiger partial charge in [-0.2, -0.15) is 0 Å². The van der Waals surface area contributed by atoms with Gasteiger partial charge in [-0.15, -0.1) is 0 Å². The van der Waals surface area contributed by atoms with E-state index in [1.165, 1.54) is 51.4 Å². The van der Waals surface area contributed by atoms with Crippen molar-refractivity contribution in [2.75, 3.05) is 0 Å². The van der Waals surface area contributed by atoms with Crippen LogP contribution in [0.2, 0.25) is 0 Å². The highest BCUT2D eigenvalue weighted by molar-refractivity contribution is 5.87. The minimum absolute atomic E-state index is 0.0618. The van der Waals surface area contributed by atoms with Crippen molar-refractivity contribution >= 4 is 5.78 Å². The van der Waals surface area contributed by atoms with E-state index in [9.17, 15) is 4.79 Å². The molecule has 0 N–H and O–H groups in total. The lowest BCUT2D eigenvalue weighted by Crippen LogP contribution is -2.53. The van der Waals surface area contributed by atoms with Gasteiger partial charge >= 0.3 is 0 Å². The summed E-state index contributed by atoms with van der Waals surface area (Å²) in [5, 5.41) is 0. The maximum Gasteiger partial charge on any atom is 0.139 e. The molecule has 0 saturated heterocycles. The van der Waals surface area contributed by atoms with E-state index in [1.807, 2.05) is 0 Å². The van der Waals surface area contributed by atoms with Crippen molar-refractivity contribution in [3.8, 4) is 0 Å². The number of hydrogen-bond acceptors (Lipinski definition) is 1. The van der Waals surface area contributed by atoms with Gasteiger partial charge in [0.25, 0.3) is 0 Å². The van der Waals surface area contributed by atoms with Crippen molar-refractivity contribution < 1.29 is 4.79 Å². The molecule has 0 heterocycles. The number of Topliss-reactive ketones (excluding diaryl/α,β-unsaturated/α-hetero) is 1. The molecule has 4 rings (SSSR count). The molecule has 6 unspecified atom stereocenters. The fourth-order valence-electron chi connectivity index (χ4n) is 7.24. The molecule has 4 aliphatic carbocycles. The first kappa shape index (κ1) is 14.3. The number of hydrogen-bond donors (Lipinski definition) is 0. The molecule has 4 saturated carbocycles. The molecule has 0 spiro atoms. The Kier molecular flexibility index (Phi) is 3.12. The summed E-state index contributed by atoms with van der Waals surface area (Å²) >= 11 is 0. The molecule has 0 bridgehead atoms. The van der Waals surface area contributed by atoms with Crippen molar-refractivity contribution in [1.29, 1.82) is 0 Å². The van der Waals surface area contributed by atoms with E-state index in [4.69, 9.17) is 0 Å². The molecular formula is C20H32O. The Balaban J connectivity index is 1.64. The topological polar surface area (TPSA) is 17.1 Å². The monoisotopic (exact) mass is 288 g/mol. The van der Waals surface area contributed by atoms with Gasteiger partial charge in [-0.25, -0.2) is 0 Å². The first-order valence-electron chi connectivity index (χ1n) is 9.48. The summed E-state index contributed by atoms with van der Waals surface area (Å²) in [7, 11) is 0. The summed E-state index contributed by atoms with van der Waals surface area (Å²) in [5.74, 6) is 5.03. The molecule has 0 amide bonds. The SMILES string of the molecule is C[C@H]1CCC2(C)C(CCC3C4CCC(=O)C4(C)CCC32)C1. The van der Waals surface area contributed by atoms with E-state index in [1.54, 1.807) is 0 Å². The van der Waals surface area contributed by atoms with E-state index in [-0.39, 0.29) is 5.41 Å². The molecule has 0 aliphatic heterocycles. The molecule has 4 aliphatic rings. The standard InChI is InChI=1S/C20H32O/c1-13-8-10-19(2)14(12-13)4-5-15-16-6-7-18(21)20(16,3)11-9-17(15)19/h13-17H,4-12H2,1-3H3/t13-,14?,15?,16?,17?,19?,20?/m0/s1. The lowest BCUT2D eigenvalue weighted by atomic mass is 9.45. The third-order valence-corrected chi connectivity index (χ3v) is 8.64. The van der Waals surface area contributed by atoms with Crippen molar-refractivity contribution in [1.82, 2.24) is 0 Å². The van der Waals surface area contributed by atoms with Crippen molar-refractivity contribution in [2.45, 2.75) is 78.6 Å². The van der Waals surface area contributed by atoms with Gasteiger partial charge in [-0.05, 0) is 80.0 Å². The van der Waals surface area contributed by atoms with Gasteiger partial charge in [0.1, 0.15) is 5.78 Å². The number of carbonyl (C=O) groups is 1. The van der Waals surface area contributed by atoms with Crippen LogP contribution >= 0.6 is 0 Å². The van der Waals surface area contributed by atoms with Gasteiger partial charge < -0.3 is 0 Å². The minimum Gasteiger partial charge on any atom is -0.299 e. The Morgan fingerprint density at radius 3 is 2.57 bits per heavy atom. The lowest BCUT2D eigenvalue weighted by Gasteiger charge is -2.60. The minimum atomic E-state index is 0.0618. The zero-order valence-electron chi connectivity index (χ0n) is 14.2. The Morgan fingerprint density at radius 1 is 0.952 bits per heavy atom. The predicted octanol–water partition coefficient (Wildman–Crippen LogP) is 5.23. The molecule has 1 heteroatoms. The molecule has 1 nitrogen and oxygen atoms in total. The third-order valence-electron chi connectivity index (χ3n) is 8.64. The Bertz CT molecular complexity index is 455. The molecule has 118 valence electrons. The molecule has 0 aromatic carbocycles. The van der Waals surface area contributed by atoms with Crippen LogP contribution in [0.4, 0.5) is 0 Å². The van der Waals surface area contributed by atoms with Crippen LogP contribution in [0.15, 0.2) is 0 Å². The molecule has 21 heavy (non-hydrogen) atoms. The van der Waals surface area contributed by atoms with Crippen LogP contribution in [0.25, 0.3) is 0 Å². The predicted molar refractivity (Wildman–Crippen MR) is 85.9 cm³/mol. The van der Waals surface area contributed by atoms with E-state index in [0.717, 1.165) is 36.0 Å². The normalized spacial score (nSPS) is 56.5. The van der Waals surface area contributed by atoms with E-state index < -0.39 is 0 Å². The summed E-state index contributed by atoms with van der Waals surface area (Å²) in [5.41, 5.74) is 0.661. The molecule has 0 aromatic rings. The fraction of sp³-hybridized carbons (Fsp3) is 0.950. The summed E-state index contributed by atoms with van der Waals surface area (Å²) in [6.07, 6.45) is 11.8. The van der Waals surface area contributed by atoms with Gasteiger partial charge in [0.2, 0.25) is 0 Å². The van der Waals surface area contributed by atoms with Crippen LogP contribution < -0.4 is 0 Å². The van der Waals surface area contributed by atoms with Crippen LogP contribution in [-0.4, -0.2) is 5.78 Å². The largest absolute Gasteiger partial charge is 0.299 e. The molecule has 0 radical (unpaired) electrons. The van der Waals surface area contributed by atoms with Crippen LogP contribution in [0, 0.1) is 40.4 Å².